The predicted octanol–water partition coefficient (Wildman–Crippen LogP) is 2.77. The molecule has 5 rings (SSSR count). The van der Waals surface area contributed by atoms with Crippen molar-refractivity contribution >= 4 is 11.8 Å². The Kier molecular flexibility index (Phi) is 5.21. The van der Waals surface area contributed by atoms with E-state index in [9.17, 15) is 9.59 Å². The average molecular weight is 386 g/mol. The molecule has 2 N–H and O–H groups in total. The van der Waals surface area contributed by atoms with Crippen molar-refractivity contribution < 1.29 is 19.1 Å². The molecule has 0 saturated heterocycles. The fourth-order valence-electron chi connectivity index (χ4n) is 5.97. The SMILES string of the molecule is COc1cc(OC)cc(C(=O)NCCNC(=O)C23CC4CC(CC(C4)C2)C3)c1. The van der Waals surface area contributed by atoms with Crippen LogP contribution in [0, 0.1) is 23.2 Å². The number of carbonyl (C=O) groups is 2. The molecule has 0 heterocycles. The summed E-state index contributed by atoms with van der Waals surface area (Å²) < 4.78 is 10.4. The van der Waals surface area contributed by atoms with Gasteiger partial charge in [0, 0.05) is 30.1 Å². The van der Waals surface area contributed by atoms with Crippen LogP contribution in [0.1, 0.15) is 48.9 Å². The van der Waals surface area contributed by atoms with Gasteiger partial charge in [-0.2, -0.15) is 0 Å². The third-order valence-corrected chi connectivity index (χ3v) is 6.83. The van der Waals surface area contributed by atoms with Crippen molar-refractivity contribution in [3.8, 4) is 11.5 Å². The number of ether oxygens (including phenoxy) is 2. The third kappa shape index (κ3) is 3.69. The number of benzene rings is 1. The Balaban J connectivity index is 1.28. The van der Waals surface area contributed by atoms with Gasteiger partial charge < -0.3 is 20.1 Å². The molecule has 4 aliphatic carbocycles. The van der Waals surface area contributed by atoms with E-state index in [-0.39, 0.29) is 17.2 Å². The summed E-state index contributed by atoms with van der Waals surface area (Å²) in [4.78, 5) is 25.3. The van der Waals surface area contributed by atoms with E-state index >= 15 is 0 Å². The van der Waals surface area contributed by atoms with Gasteiger partial charge in [0.05, 0.1) is 14.2 Å². The van der Waals surface area contributed by atoms with Gasteiger partial charge in [-0.15, -0.1) is 0 Å². The first kappa shape index (κ1) is 19.1. The third-order valence-electron chi connectivity index (χ3n) is 6.83. The average Bonchev–Trinajstić information content (AvgIpc) is 2.69. The highest BCUT2D eigenvalue weighted by molar-refractivity contribution is 5.95. The van der Waals surface area contributed by atoms with Crippen LogP contribution >= 0.6 is 0 Å². The predicted molar refractivity (Wildman–Crippen MR) is 105 cm³/mol. The van der Waals surface area contributed by atoms with Gasteiger partial charge in [-0.25, -0.2) is 0 Å². The Hall–Kier alpha value is -2.24. The second-order valence-electron chi connectivity index (χ2n) is 8.81. The zero-order valence-electron chi connectivity index (χ0n) is 16.8. The van der Waals surface area contributed by atoms with Gasteiger partial charge in [0.15, 0.2) is 0 Å². The maximum atomic E-state index is 12.9. The van der Waals surface area contributed by atoms with Crippen LogP contribution < -0.4 is 20.1 Å². The first-order valence-corrected chi connectivity index (χ1v) is 10.3. The largest absolute Gasteiger partial charge is 0.497 e. The summed E-state index contributed by atoms with van der Waals surface area (Å²) >= 11 is 0. The second kappa shape index (κ2) is 7.64. The lowest BCUT2D eigenvalue weighted by molar-refractivity contribution is -0.146. The van der Waals surface area contributed by atoms with E-state index in [1.165, 1.54) is 19.3 Å². The highest BCUT2D eigenvalue weighted by Gasteiger charge is 2.54. The van der Waals surface area contributed by atoms with Gasteiger partial charge in [0.1, 0.15) is 11.5 Å². The maximum Gasteiger partial charge on any atom is 0.251 e. The van der Waals surface area contributed by atoms with Gasteiger partial charge in [0.2, 0.25) is 5.91 Å². The van der Waals surface area contributed by atoms with Crippen molar-refractivity contribution in [2.24, 2.45) is 23.2 Å². The standard InChI is InChI=1S/C22H30N2O4/c1-27-18-8-17(9-19(10-18)28-2)20(25)23-3-4-24-21(26)22-11-14-5-15(12-22)7-16(6-14)13-22/h8-10,14-16H,3-7,11-13H2,1-2H3,(H,23,25)(H,24,26). The normalized spacial score (nSPS) is 30.0. The summed E-state index contributed by atoms with van der Waals surface area (Å²) in [6, 6.07) is 5.07. The van der Waals surface area contributed by atoms with Gasteiger partial charge >= 0.3 is 0 Å². The molecule has 2 amide bonds. The number of hydrogen-bond acceptors (Lipinski definition) is 4. The molecule has 0 spiro atoms. The lowest BCUT2D eigenvalue weighted by atomic mass is 9.49. The van der Waals surface area contributed by atoms with Crippen molar-refractivity contribution in [1.82, 2.24) is 10.6 Å². The Bertz CT molecular complexity index is 703. The highest BCUT2D eigenvalue weighted by Crippen LogP contribution is 2.60. The van der Waals surface area contributed by atoms with Crippen LogP contribution in [0.25, 0.3) is 0 Å². The van der Waals surface area contributed by atoms with Crippen LogP contribution in [0.5, 0.6) is 11.5 Å². The number of carbonyl (C=O) groups excluding carboxylic acids is 2. The molecule has 152 valence electrons. The molecule has 0 radical (unpaired) electrons. The molecule has 0 aromatic heterocycles. The van der Waals surface area contributed by atoms with E-state index in [2.05, 4.69) is 10.6 Å². The van der Waals surface area contributed by atoms with E-state index in [1.54, 1.807) is 32.4 Å². The smallest absolute Gasteiger partial charge is 0.251 e. The monoisotopic (exact) mass is 386 g/mol. The summed E-state index contributed by atoms with van der Waals surface area (Å²) in [6.07, 6.45) is 7.15. The van der Waals surface area contributed by atoms with Crippen molar-refractivity contribution in [3.05, 3.63) is 23.8 Å². The summed E-state index contributed by atoms with van der Waals surface area (Å²) in [5, 5.41) is 5.95. The Morgan fingerprint density at radius 2 is 1.39 bits per heavy atom. The van der Waals surface area contributed by atoms with Crippen LogP contribution in [-0.4, -0.2) is 39.1 Å². The second-order valence-corrected chi connectivity index (χ2v) is 8.81. The molecule has 4 fully saturated rings. The highest BCUT2D eigenvalue weighted by atomic mass is 16.5. The topological polar surface area (TPSA) is 76.7 Å². The van der Waals surface area contributed by atoms with Crippen molar-refractivity contribution in [2.75, 3.05) is 27.3 Å². The molecule has 0 unspecified atom stereocenters. The fraction of sp³-hybridized carbons (Fsp3) is 0.636. The van der Waals surface area contributed by atoms with E-state index in [4.69, 9.17) is 9.47 Å². The van der Waals surface area contributed by atoms with Crippen LogP contribution in [0.4, 0.5) is 0 Å². The van der Waals surface area contributed by atoms with Crippen LogP contribution in [-0.2, 0) is 4.79 Å². The molecule has 28 heavy (non-hydrogen) atoms. The summed E-state index contributed by atoms with van der Waals surface area (Å²) in [6.45, 7) is 0.851. The number of nitrogens with one attached hydrogen (secondary N) is 2. The van der Waals surface area contributed by atoms with Crippen molar-refractivity contribution in [1.29, 1.82) is 0 Å². The minimum Gasteiger partial charge on any atom is -0.497 e. The molecule has 0 atom stereocenters. The molecule has 6 heteroatoms. The number of methoxy groups -OCH3 is 2. The molecule has 4 bridgehead atoms. The Labute approximate surface area is 166 Å². The number of hydrogen-bond donors (Lipinski definition) is 2. The Morgan fingerprint density at radius 1 is 0.893 bits per heavy atom. The first-order valence-electron chi connectivity index (χ1n) is 10.3. The summed E-state index contributed by atoms with van der Waals surface area (Å²) in [7, 11) is 3.10. The maximum absolute atomic E-state index is 12.9. The summed E-state index contributed by atoms with van der Waals surface area (Å²) in [5.41, 5.74) is 0.336. The molecule has 6 nitrogen and oxygen atoms in total. The van der Waals surface area contributed by atoms with Crippen molar-refractivity contribution in [2.45, 2.75) is 38.5 Å². The zero-order valence-corrected chi connectivity index (χ0v) is 16.8. The van der Waals surface area contributed by atoms with E-state index < -0.39 is 0 Å². The molecule has 1 aromatic rings. The van der Waals surface area contributed by atoms with Gasteiger partial charge in [-0.1, -0.05) is 0 Å². The first-order chi connectivity index (χ1) is 13.5. The molecular weight excluding hydrogens is 356 g/mol. The summed E-state index contributed by atoms with van der Waals surface area (Å²) in [5.74, 6) is 3.38. The lowest BCUT2D eigenvalue weighted by Gasteiger charge is -2.55. The van der Waals surface area contributed by atoms with Crippen molar-refractivity contribution in [3.63, 3.8) is 0 Å². The minimum atomic E-state index is -0.207. The van der Waals surface area contributed by atoms with Gasteiger partial charge in [0.25, 0.3) is 5.91 Å². The molecule has 0 aliphatic heterocycles. The number of amides is 2. The molecule has 4 aliphatic rings. The van der Waals surface area contributed by atoms with Crippen LogP contribution in [0.15, 0.2) is 18.2 Å². The van der Waals surface area contributed by atoms with Crippen LogP contribution in [0.3, 0.4) is 0 Å². The van der Waals surface area contributed by atoms with Gasteiger partial charge in [-0.3, -0.25) is 9.59 Å². The van der Waals surface area contributed by atoms with Gasteiger partial charge in [-0.05, 0) is 68.4 Å². The fourth-order valence-corrected chi connectivity index (χ4v) is 5.97. The Morgan fingerprint density at radius 3 is 1.89 bits per heavy atom. The quantitative estimate of drug-likeness (QED) is 0.707. The molecule has 1 aromatic carbocycles. The molecular formula is C22H30N2O4. The van der Waals surface area contributed by atoms with E-state index in [0.29, 0.717) is 30.2 Å². The minimum absolute atomic E-state index is 0.140. The zero-order chi connectivity index (χ0) is 19.7. The van der Waals surface area contributed by atoms with E-state index in [1.807, 2.05) is 0 Å². The molecule has 4 saturated carbocycles. The number of rotatable bonds is 7. The lowest BCUT2D eigenvalue weighted by Crippen LogP contribution is -2.54. The van der Waals surface area contributed by atoms with Crippen LogP contribution in [0.2, 0.25) is 0 Å². The van der Waals surface area contributed by atoms with E-state index in [0.717, 1.165) is 37.0 Å².